The van der Waals surface area contributed by atoms with Crippen LogP contribution in [0.4, 0.5) is 0 Å². The van der Waals surface area contributed by atoms with Gasteiger partial charge < -0.3 is 4.74 Å². The van der Waals surface area contributed by atoms with Crippen LogP contribution in [-0.4, -0.2) is 25.5 Å². The number of methoxy groups -OCH3 is 1. The molecule has 1 heterocycles. The van der Waals surface area contributed by atoms with Crippen LogP contribution >= 0.6 is 0 Å². The molecule has 0 aromatic carbocycles. The largest absolute Gasteiger partial charge is 0.384 e. The average molecular weight is 239 g/mol. The summed E-state index contributed by atoms with van der Waals surface area (Å²) in [6.45, 7) is 4.61. The van der Waals surface area contributed by atoms with Gasteiger partial charge in [-0.2, -0.15) is 0 Å². The number of hydrogen-bond acceptors (Lipinski definition) is 3. The highest BCUT2D eigenvalue weighted by atomic mass is 16.5. The van der Waals surface area contributed by atoms with Crippen LogP contribution in [0.25, 0.3) is 0 Å². The molecule has 1 saturated heterocycles. The molecule has 2 rings (SSSR count). The van der Waals surface area contributed by atoms with Gasteiger partial charge in [0.15, 0.2) is 0 Å². The van der Waals surface area contributed by atoms with Crippen molar-refractivity contribution in [3.63, 3.8) is 0 Å². The number of amides is 2. The summed E-state index contributed by atoms with van der Waals surface area (Å²) < 4.78 is 5.33. The quantitative estimate of drug-likeness (QED) is 0.753. The van der Waals surface area contributed by atoms with Gasteiger partial charge in [-0.05, 0) is 24.7 Å². The van der Waals surface area contributed by atoms with Crippen molar-refractivity contribution in [1.29, 1.82) is 0 Å². The second kappa shape index (κ2) is 4.41. The number of hydrogen-bond donors (Lipinski definition) is 1. The first-order valence-electron chi connectivity index (χ1n) is 6.34. The van der Waals surface area contributed by atoms with Crippen molar-refractivity contribution in [2.75, 3.05) is 13.7 Å². The van der Waals surface area contributed by atoms with Gasteiger partial charge in [-0.3, -0.25) is 14.9 Å². The predicted octanol–water partition coefficient (Wildman–Crippen LogP) is 1.35. The van der Waals surface area contributed by atoms with Gasteiger partial charge in [-0.15, -0.1) is 0 Å². The fourth-order valence-corrected chi connectivity index (χ4v) is 3.48. The Morgan fingerprint density at radius 2 is 2.06 bits per heavy atom. The average Bonchev–Trinajstić information content (AvgIpc) is 2.98. The number of carbonyl (C=O) groups is 2. The van der Waals surface area contributed by atoms with E-state index in [1.54, 1.807) is 7.11 Å². The van der Waals surface area contributed by atoms with Crippen LogP contribution in [0, 0.1) is 23.2 Å². The minimum Gasteiger partial charge on any atom is -0.384 e. The summed E-state index contributed by atoms with van der Waals surface area (Å²) in [5.74, 6) is 0.354. The highest BCUT2D eigenvalue weighted by molar-refractivity contribution is 6.00. The maximum Gasteiger partial charge on any atom is 0.230 e. The van der Waals surface area contributed by atoms with Crippen LogP contribution in [0.1, 0.15) is 33.1 Å². The Morgan fingerprint density at radius 3 is 2.53 bits per heavy atom. The van der Waals surface area contributed by atoms with E-state index in [0.29, 0.717) is 18.9 Å². The smallest absolute Gasteiger partial charge is 0.230 e. The summed E-state index contributed by atoms with van der Waals surface area (Å²) in [5, 5.41) is 2.47. The molecule has 0 bridgehead atoms. The molecule has 0 spiro atoms. The molecular formula is C13H21NO3. The number of carbonyl (C=O) groups excluding carboxylic acids is 2. The van der Waals surface area contributed by atoms with E-state index in [4.69, 9.17) is 4.74 Å². The Balaban J connectivity index is 2.35. The van der Waals surface area contributed by atoms with Gasteiger partial charge in [0.1, 0.15) is 0 Å². The lowest BCUT2D eigenvalue weighted by atomic mass is 9.63. The molecule has 4 nitrogen and oxygen atoms in total. The van der Waals surface area contributed by atoms with Gasteiger partial charge in [-0.25, -0.2) is 0 Å². The molecule has 4 heteroatoms. The third kappa shape index (κ3) is 2.10. The third-order valence-corrected chi connectivity index (χ3v) is 4.12. The zero-order valence-electron chi connectivity index (χ0n) is 10.8. The number of imide groups is 1. The van der Waals surface area contributed by atoms with E-state index in [0.717, 1.165) is 12.8 Å². The zero-order chi connectivity index (χ0) is 12.6. The lowest BCUT2D eigenvalue weighted by Gasteiger charge is -2.44. The number of rotatable bonds is 4. The molecule has 0 aromatic rings. The zero-order valence-corrected chi connectivity index (χ0v) is 10.8. The van der Waals surface area contributed by atoms with E-state index in [2.05, 4.69) is 5.32 Å². The van der Waals surface area contributed by atoms with Crippen LogP contribution in [0.3, 0.4) is 0 Å². The topological polar surface area (TPSA) is 55.4 Å². The molecule has 1 aliphatic heterocycles. The van der Waals surface area contributed by atoms with Crippen LogP contribution in [0.15, 0.2) is 0 Å². The van der Waals surface area contributed by atoms with Gasteiger partial charge in [0.25, 0.3) is 0 Å². The molecule has 2 unspecified atom stereocenters. The lowest BCUT2D eigenvalue weighted by molar-refractivity contribution is -0.151. The Morgan fingerprint density at radius 1 is 1.41 bits per heavy atom. The summed E-state index contributed by atoms with van der Waals surface area (Å²) in [6.07, 6.45) is 2.67. The van der Waals surface area contributed by atoms with Gasteiger partial charge in [0.2, 0.25) is 11.8 Å². The number of ether oxygens (including phenoxy) is 1. The molecule has 1 N–H and O–H groups in total. The van der Waals surface area contributed by atoms with Gasteiger partial charge in [0.05, 0.1) is 6.61 Å². The highest BCUT2D eigenvalue weighted by Gasteiger charge is 2.57. The molecule has 2 amide bonds. The van der Waals surface area contributed by atoms with Gasteiger partial charge in [-0.1, -0.05) is 13.8 Å². The predicted molar refractivity (Wildman–Crippen MR) is 63.1 cm³/mol. The fraction of sp³-hybridized carbons (Fsp3) is 0.846. The maximum atomic E-state index is 12.1. The van der Waals surface area contributed by atoms with Crippen molar-refractivity contribution < 1.29 is 14.3 Å². The Hall–Kier alpha value is -0.900. The molecule has 96 valence electrons. The van der Waals surface area contributed by atoms with Crippen molar-refractivity contribution in [2.45, 2.75) is 33.1 Å². The SMILES string of the molecule is COCC1(C2CC2)CC(=O)NC(=O)C1C(C)C. The Kier molecular flexibility index (Phi) is 3.25. The normalized spacial score (nSPS) is 34.0. The van der Waals surface area contributed by atoms with Crippen LogP contribution < -0.4 is 5.32 Å². The summed E-state index contributed by atoms with van der Waals surface area (Å²) in [7, 11) is 1.65. The monoisotopic (exact) mass is 239 g/mol. The third-order valence-electron chi connectivity index (χ3n) is 4.12. The second-order valence-corrected chi connectivity index (χ2v) is 5.75. The van der Waals surface area contributed by atoms with Crippen molar-refractivity contribution in [3.8, 4) is 0 Å². The molecule has 2 atom stereocenters. The maximum absolute atomic E-state index is 12.1. The molecule has 0 radical (unpaired) electrons. The molecular weight excluding hydrogens is 218 g/mol. The fourth-order valence-electron chi connectivity index (χ4n) is 3.48. The first-order chi connectivity index (χ1) is 8.01. The molecule has 17 heavy (non-hydrogen) atoms. The van der Waals surface area contributed by atoms with Crippen LogP contribution in [0.5, 0.6) is 0 Å². The minimum absolute atomic E-state index is 0.104. The first kappa shape index (κ1) is 12.6. The summed E-state index contributed by atoms with van der Waals surface area (Å²) in [6, 6.07) is 0. The van der Waals surface area contributed by atoms with Crippen molar-refractivity contribution >= 4 is 11.8 Å². The first-order valence-corrected chi connectivity index (χ1v) is 6.34. The van der Waals surface area contributed by atoms with Gasteiger partial charge in [0, 0.05) is 24.9 Å². The number of piperidine rings is 1. The van der Waals surface area contributed by atoms with Crippen molar-refractivity contribution in [2.24, 2.45) is 23.2 Å². The van der Waals surface area contributed by atoms with E-state index >= 15 is 0 Å². The summed E-state index contributed by atoms with van der Waals surface area (Å²) >= 11 is 0. The Bertz CT molecular complexity index is 336. The van der Waals surface area contributed by atoms with E-state index in [1.807, 2.05) is 13.8 Å². The van der Waals surface area contributed by atoms with E-state index in [-0.39, 0.29) is 29.1 Å². The molecule has 1 aliphatic carbocycles. The second-order valence-electron chi connectivity index (χ2n) is 5.75. The molecule has 2 fully saturated rings. The van der Waals surface area contributed by atoms with E-state index in [9.17, 15) is 9.59 Å². The summed E-state index contributed by atoms with van der Waals surface area (Å²) in [4.78, 5) is 23.8. The van der Waals surface area contributed by atoms with E-state index in [1.165, 1.54) is 0 Å². The molecule has 0 aromatic heterocycles. The van der Waals surface area contributed by atoms with Gasteiger partial charge >= 0.3 is 0 Å². The van der Waals surface area contributed by atoms with Crippen molar-refractivity contribution in [3.05, 3.63) is 0 Å². The molecule has 1 saturated carbocycles. The number of nitrogens with one attached hydrogen (secondary N) is 1. The summed E-state index contributed by atoms with van der Waals surface area (Å²) in [5.41, 5.74) is -0.262. The lowest BCUT2D eigenvalue weighted by Crippen LogP contribution is -2.56. The Labute approximate surface area is 102 Å². The van der Waals surface area contributed by atoms with Crippen molar-refractivity contribution in [1.82, 2.24) is 5.32 Å². The molecule has 2 aliphatic rings. The minimum atomic E-state index is -0.262. The van der Waals surface area contributed by atoms with Crippen LogP contribution in [-0.2, 0) is 14.3 Å². The standard InChI is InChI=1S/C13H21NO3/c1-8(2)11-12(16)14-10(15)6-13(11,7-17-3)9-4-5-9/h8-9,11H,4-7H2,1-3H3,(H,14,15,16). The highest BCUT2D eigenvalue weighted by Crippen LogP contribution is 2.55. The van der Waals surface area contributed by atoms with E-state index < -0.39 is 0 Å². The van der Waals surface area contributed by atoms with Crippen LogP contribution in [0.2, 0.25) is 0 Å².